The highest BCUT2D eigenvalue weighted by molar-refractivity contribution is 5.12. The lowest BCUT2D eigenvalue weighted by Gasteiger charge is -1.94. The van der Waals surface area contributed by atoms with Crippen LogP contribution in [0.15, 0.2) is 36.5 Å². The van der Waals surface area contributed by atoms with E-state index in [4.69, 9.17) is 0 Å². The average molecular weight is 135 g/mol. The van der Waals surface area contributed by atoms with Crippen LogP contribution in [0.4, 0.5) is 0 Å². The second kappa shape index (κ2) is 5.04. The van der Waals surface area contributed by atoms with Gasteiger partial charge in [0.2, 0.25) is 0 Å². The Kier molecular flexibility index (Phi) is 4.65. The van der Waals surface area contributed by atoms with Crippen LogP contribution in [-0.4, -0.2) is 0 Å². The smallest absolute Gasteiger partial charge is 0.0250 e. The van der Waals surface area contributed by atoms with Gasteiger partial charge in [0.1, 0.15) is 0 Å². The van der Waals surface area contributed by atoms with Crippen molar-refractivity contribution in [3.05, 3.63) is 43.4 Å². The van der Waals surface area contributed by atoms with Crippen molar-refractivity contribution in [2.75, 3.05) is 0 Å². The SMILES string of the molecule is [CH2]C(C)=CCCC(=C)C=C. The third-order valence-electron chi connectivity index (χ3n) is 1.25. The Morgan fingerprint density at radius 2 is 2.10 bits per heavy atom. The van der Waals surface area contributed by atoms with Crippen molar-refractivity contribution in [3.8, 4) is 0 Å². The van der Waals surface area contributed by atoms with E-state index in [0.29, 0.717) is 0 Å². The summed E-state index contributed by atoms with van der Waals surface area (Å²) in [5.41, 5.74) is 2.22. The molecule has 0 saturated heterocycles. The van der Waals surface area contributed by atoms with Crippen LogP contribution >= 0.6 is 0 Å². The molecule has 55 valence electrons. The van der Waals surface area contributed by atoms with Crippen LogP contribution < -0.4 is 0 Å². The summed E-state index contributed by atoms with van der Waals surface area (Å²) in [4.78, 5) is 0. The molecule has 0 aliphatic heterocycles. The van der Waals surface area contributed by atoms with Crippen molar-refractivity contribution in [1.29, 1.82) is 0 Å². The first-order valence-electron chi connectivity index (χ1n) is 3.45. The molecule has 0 rings (SSSR count). The maximum absolute atomic E-state index is 3.80. The van der Waals surface area contributed by atoms with Gasteiger partial charge in [-0.05, 0) is 26.7 Å². The van der Waals surface area contributed by atoms with Crippen LogP contribution in [0.1, 0.15) is 19.8 Å². The first kappa shape index (κ1) is 9.22. The molecule has 0 spiro atoms. The van der Waals surface area contributed by atoms with Crippen LogP contribution in [0.25, 0.3) is 0 Å². The van der Waals surface area contributed by atoms with Gasteiger partial charge < -0.3 is 0 Å². The lowest BCUT2D eigenvalue weighted by molar-refractivity contribution is 1.00. The quantitative estimate of drug-likeness (QED) is 0.519. The molecule has 0 heteroatoms. The Labute approximate surface area is 64.0 Å². The summed E-state index contributed by atoms with van der Waals surface area (Å²) in [6.07, 6.45) is 5.93. The molecule has 0 N–H and O–H groups in total. The number of hydrogen-bond donors (Lipinski definition) is 0. The van der Waals surface area contributed by atoms with Crippen LogP contribution in [0, 0.1) is 6.92 Å². The molecule has 0 bridgehead atoms. The standard InChI is InChI=1S/C10H15/c1-5-10(4)8-6-7-9(2)3/h5,7H,1-2,4,6,8H2,3H3. The van der Waals surface area contributed by atoms with E-state index in [-0.39, 0.29) is 0 Å². The van der Waals surface area contributed by atoms with Gasteiger partial charge in [-0.2, -0.15) is 0 Å². The maximum atomic E-state index is 3.80. The van der Waals surface area contributed by atoms with E-state index in [0.717, 1.165) is 24.0 Å². The van der Waals surface area contributed by atoms with Crippen LogP contribution in [0.3, 0.4) is 0 Å². The fourth-order valence-electron chi connectivity index (χ4n) is 0.606. The molecular formula is C10H15. The Bertz CT molecular complexity index is 145. The Hall–Kier alpha value is -0.780. The topological polar surface area (TPSA) is 0 Å². The fourth-order valence-corrected chi connectivity index (χ4v) is 0.606. The second-order valence-corrected chi connectivity index (χ2v) is 2.45. The van der Waals surface area contributed by atoms with Crippen LogP contribution in [-0.2, 0) is 0 Å². The molecule has 0 saturated carbocycles. The molecule has 0 aliphatic carbocycles. The zero-order chi connectivity index (χ0) is 7.98. The second-order valence-electron chi connectivity index (χ2n) is 2.45. The highest BCUT2D eigenvalue weighted by atomic mass is 13.9. The molecule has 0 fully saturated rings. The molecule has 0 aromatic carbocycles. The van der Waals surface area contributed by atoms with E-state index in [2.05, 4.69) is 26.2 Å². The summed E-state index contributed by atoms with van der Waals surface area (Å²) >= 11 is 0. The van der Waals surface area contributed by atoms with Crippen molar-refractivity contribution in [2.45, 2.75) is 19.8 Å². The van der Waals surface area contributed by atoms with Gasteiger partial charge >= 0.3 is 0 Å². The minimum atomic E-state index is 0.996. The number of rotatable bonds is 4. The molecule has 10 heavy (non-hydrogen) atoms. The van der Waals surface area contributed by atoms with E-state index < -0.39 is 0 Å². The molecule has 0 nitrogen and oxygen atoms in total. The zero-order valence-electron chi connectivity index (χ0n) is 6.69. The van der Waals surface area contributed by atoms with Crippen molar-refractivity contribution in [3.63, 3.8) is 0 Å². The lowest BCUT2D eigenvalue weighted by atomic mass is 10.1. The predicted molar refractivity (Wildman–Crippen MR) is 47.7 cm³/mol. The molecule has 0 heterocycles. The number of hydrogen-bond acceptors (Lipinski definition) is 0. The van der Waals surface area contributed by atoms with Gasteiger partial charge in [0.05, 0.1) is 0 Å². The summed E-state index contributed by atoms with van der Waals surface area (Å²) in [7, 11) is 0. The average Bonchev–Trinajstić information content (AvgIpc) is 1.87. The van der Waals surface area contributed by atoms with Crippen molar-refractivity contribution >= 4 is 0 Å². The molecule has 0 amide bonds. The van der Waals surface area contributed by atoms with Gasteiger partial charge in [-0.25, -0.2) is 0 Å². The Balaban J connectivity index is 3.46. The van der Waals surface area contributed by atoms with Gasteiger partial charge in [-0.3, -0.25) is 0 Å². The van der Waals surface area contributed by atoms with E-state index in [9.17, 15) is 0 Å². The van der Waals surface area contributed by atoms with E-state index in [1.165, 1.54) is 0 Å². The molecular weight excluding hydrogens is 120 g/mol. The van der Waals surface area contributed by atoms with E-state index in [1.807, 2.05) is 6.92 Å². The van der Waals surface area contributed by atoms with E-state index >= 15 is 0 Å². The Morgan fingerprint density at radius 1 is 1.50 bits per heavy atom. The lowest BCUT2D eigenvalue weighted by Crippen LogP contribution is -1.74. The summed E-state index contributed by atoms with van der Waals surface area (Å²) in [6, 6.07) is 0. The molecule has 0 aromatic heterocycles. The monoisotopic (exact) mass is 135 g/mol. The third-order valence-corrected chi connectivity index (χ3v) is 1.25. The summed E-state index contributed by atoms with van der Waals surface area (Å²) in [5, 5.41) is 0. The third kappa shape index (κ3) is 5.36. The molecule has 0 atom stereocenters. The summed E-state index contributed by atoms with van der Waals surface area (Å²) in [5.74, 6) is 0. The molecule has 0 unspecified atom stereocenters. The first-order chi connectivity index (χ1) is 4.66. The fraction of sp³-hybridized carbons (Fsp3) is 0.300. The maximum Gasteiger partial charge on any atom is -0.0250 e. The summed E-state index contributed by atoms with van der Waals surface area (Å²) < 4.78 is 0. The Morgan fingerprint density at radius 3 is 2.50 bits per heavy atom. The van der Waals surface area contributed by atoms with Crippen molar-refractivity contribution in [1.82, 2.24) is 0 Å². The van der Waals surface area contributed by atoms with Crippen molar-refractivity contribution < 1.29 is 0 Å². The van der Waals surface area contributed by atoms with Gasteiger partial charge in [-0.15, -0.1) is 0 Å². The zero-order valence-corrected chi connectivity index (χ0v) is 6.69. The van der Waals surface area contributed by atoms with Gasteiger partial charge in [0, 0.05) is 0 Å². The van der Waals surface area contributed by atoms with Crippen molar-refractivity contribution in [2.24, 2.45) is 0 Å². The largest absolute Gasteiger partial charge is 0.0988 e. The molecule has 1 radical (unpaired) electrons. The molecule has 0 aromatic rings. The van der Waals surface area contributed by atoms with Gasteiger partial charge in [-0.1, -0.05) is 36.5 Å². The van der Waals surface area contributed by atoms with Gasteiger partial charge in [0.25, 0.3) is 0 Å². The highest BCUT2D eigenvalue weighted by Gasteiger charge is 1.84. The van der Waals surface area contributed by atoms with Crippen LogP contribution in [0.5, 0.6) is 0 Å². The van der Waals surface area contributed by atoms with E-state index in [1.54, 1.807) is 6.08 Å². The minimum absolute atomic E-state index is 0.996. The normalized spacial score (nSPS) is 11.2. The molecule has 0 aliphatic rings. The number of allylic oxidation sites excluding steroid dienone is 4. The first-order valence-corrected chi connectivity index (χ1v) is 3.45. The van der Waals surface area contributed by atoms with Gasteiger partial charge in [0.15, 0.2) is 0 Å². The predicted octanol–water partition coefficient (Wildman–Crippen LogP) is 3.29. The summed E-state index contributed by atoms with van der Waals surface area (Å²) in [6.45, 7) is 13.2. The highest BCUT2D eigenvalue weighted by Crippen LogP contribution is 2.04. The van der Waals surface area contributed by atoms with Crippen LogP contribution in [0.2, 0.25) is 0 Å². The minimum Gasteiger partial charge on any atom is -0.0988 e.